The molecule has 1 fully saturated rings. The van der Waals surface area contributed by atoms with E-state index < -0.39 is 0 Å². The summed E-state index contributed by atoms with van der Waals surface area (Å²) in [5.41, 5.74) is 0. The summed E-state index contributed by atoms with van der Waals surface area (Å²) in [7, 11) is 1.65. The van der Waals surface area contributed by atoms with E-state index in [9.17, 15) is 0 Å². The van der Waals surface area contributed by atoms with Crippen molar-refractivity contribution in [3.63, 3.8) is 0 Å². The van der Waals surface area contributed by atoms with E-state index in [1.165, 1.54) is 12.8 Å². The first kappa shape index (κ1) is 19.4. The van der Waals surface area contributed by atoms with E-state index in [2.05, 4.69) is 22.5 Å². The van der Waals surface area contributed by atoms with Gasteiger partial charge < -0.3 is 24.8 Å². The van der Waals surface area contributed by atoms with Gasteiger partial charge in [0, 0.05) is 25.8 Å². The third-order valence-electron chi connectivity index (χ3n) is 4.01. The normalized spacial score (nSPS) is 18.7. The van der Waals surface area contributed by atoms with Gasteiger partial charge in [0.2, 0.25) is 0 Å². The van der Waals surface area contributed by atoms with Crippen molar-refractivity contribution < 1.29 is 14.2 Å². The molecule has 2 rings (SSSR count). The minimum absolute atomic E-state index is 0.0271. The van der Waals surface area contributed by atoms with Crippen molar-refractivity contribution in [1.29, 1.82) is 0 Å². The average molecular weight is 349 g/mol. The molecular formula is C19H31N3O3. The highest BCUT2D eigenvalue weighted by atomic mass is 16.5. The predicted molar refractivity (Wildman–Crippen MR) is 101 cm³/mol. The molecular weight excluding hydrogens is 318 g/mol. The highest BCUT2D eigenvalue weighted by Gasteiger charge is 2.14. The number of benzene rings is 1. The average Bonchev–Trinajstić information content (AvgIpc) is 3.13. The number of nitrogens with one attached hydrogen (secondary N) is 2. The molecule has 0 bridgehead atoms. The summed E-state index contributed by atoms with van der Waals surface area (Å²) < 4.78 is 16.8. The van der Waals surface area contributed by atoms with Crippen LogP contribution < -0.4 is 20.1 Å². The smallest absolute Gasteiger partial charge is 0.191 e. The molecule has 2 N–H and O–H groups in total. The van der Waals surface area contributed by atoms with Gasteiger partial charge in [0.15, 0.2) is 5.96 Å². The second-order valence-corrected chi connectivity index (χ2v) is 6.18. The highest BCUT2D eigenvalue weighted by molar-refractivity contribution is 5.79. The Labute approximate surface area is 151 Å². The molecule has 6 heteroatoms. The van der Waals surface area contributed by atoms with Crippen LogP contribution in [0.2, 0.25) is 0 Å². The summed E-state index contributed by atoms with van der Waals surface area (Å²) >= 11 is 0. The van der Waals surface area contributed by atoms with E-state index in [0.29, 0.717) is 12.6 Å². The molecule has 2 unspecified atom stereocenters. The van der Waals surface area contributed by atoms with Crippen LogP contribution in [0.5, 0.6) is 11.5 Å². The number of hydrogen-bond acceptors (Lipinski definition) is 4. The predicted octanol–water partition coefficient (Wildman–Crippen LogP) is 2.59. The second kappa shape index (κ2) is 10.8. The fourth-order valence-electron chi connectivity index (χ4n) is 2.73. The molecule has 1 saturated heterocycles. The summed E-state index contributed by atoms with van der Waals surface area (Å²) in [5.74, 6) is 2.40. The third-order valence-corrected chi connectivity index (χ3v) is 4.01. The van der Waals surface area contributed by atoms with Gasteiger partial charge in [0.25, 0.3) is 0 Å². The van der Waals surface area contributed by atoms with Gasteiger partial charge in [-0.2, -0.15) is 0 Å². The van der Waals surface area contributed by atoms with E-state index in [4.69, 9.17) is 14.2 Å². The Morgan fingerprint density at radius 2 is 2.20 bits per heavy atom. The number of methoxy groups -OCH3 is 1. The molecule has 0 radical (unpaired) electrons. The minimum atomic E-state index is -0.0271. The van der Waals surface area contributed by atoms with Crippen molar-refractivity contribution in [2.75, 3.05) is 33.4 Å². The molecule has 140 valence electrons. The van der Waals surface area contributed by atoms with Crippen molar-refractivity contribution >= 4 is 5.96 Å². The van der Waals surface area contributed by atoms with E-state index in [-0.39, 0.29) is 6.10 Å². The lowest BCUT2D eigenvalue weighted by atomic mass is 10.2. The molecule has 1 heterocycles. The van der Waals surface area contributed by atoms with Crippen molar-refractivity contribution in [2.45, 2.75) is 45.3 Å². The Bertz CT molecular complexity index is 530. The first-order valence-corrected chi connectivity index (χ1v) is 9.15. The van der Waals surface area contributed by atoms with E-state index in [0.717, 1.165) is 43.6 Å². The molecule has 1 aliphatic rings. The Morgan fingerprint density at radius 1 is 1.36 bits per heavy atom. The number of ether oxygens (including phenoxy) is 3. The molecule has 6 nitrogen and oxygen atoms in total. The van der Waals surface area contributed by atoms with Crippen LogP contribution in [0.4, 0.5) is 0 Å². The van der Waals surface area contributed by atoms with Gasteiger partial charge in [-0.1, -0.05) is 6.07 Å². The maximum atomic E-state index is 5.91. The SMILES string of the molecule is CCNC(=NCC(C)Oc1cccc(OC)c1)NCCC1CCCO1. The topological polar surface area (TPSA) is 64.1 Å². The largest absolute Gasteiger partial charge is 0.497 e. The molecule has 1 aromatic carbocycles. The van der Waals surface area contributed by atoms with Gasteiger partial charge in [-0.15, -0.1) is 0 Å². The fraction of sp³-hybridized carbons (Fsp3) is 0.632. The zero-order chi connectivity index (χ0) is 17.9. The molecule has 0 spiro atoms. The Hall–Kier alpha value is -1.95. The number of guanidine groups is 1. The van der Waals surface area contributed by atoms with E-state index in [1.807, 2.05) is 31.2 Å². The van der Waals surface area contributed by atoms with Crippen LogP contribution in [0.15, 0.2) is 29.3 Å². The van der Waals surface area contributed by atoms with Crippen LogP contribution >= 0.6 is 0 Å². The summed E-state index contributed by atoms with van der Waals surface area (Å²) in [4.78, 5) is 4.61. The minimum Gasteiger partial charge on any atom is -0.497 e. The van der Waals surface area contributed by atoms with Crippen LogP contribution in [0.1, 0.15) is 33.1 Å². The van der Waals surface area contributed by atoms with Crippen molar-refractivity contribution in [2.24, 2.45) is 4.99 Å². The monoisotopic (exact) mass is 349 g/mol. The second-order valence-electron chi connectivity index (χ2n) is 6.18. The first-order valence-electron chi connectivity index (χ1n) is 9.15. The van der Waals surface area contributed by atoms with E-state index in [1.54, 1.807) is 7.11 Å². The summed E-state index contributed by atoms with van der Waals surface area (Å²) in [6.07, 6.45) is 3.73. The quantitative estimate of drug-likeness (QED) is 0.530. The Morgan fingerprint density at radius 3 is 2.92 bits per heavy atom. The van der Waals surface area contributed by atoms with Gasteiger partial charge in [0.05, 0.1) is 19.8 Å². The Balaban J connectivity index is 1.77. The summed E-state index contributed by atoms with van der Waals surface area (Å²) in [6, 6.07) is 7.62. The van der Waals surface area contributed by atoms with Gasteiger partial charge >= 0.3 is 0 Å². The van der Waals surface area contributed by atoms with Crippen LogP contribution in [-0.4, -0.2) is 51.5 Å². The Kier molecular flexibility index (Phi) is 8.39. The molecule has 25 heavy (non-hydrogen) atoms. The maximum absolute atomic E-state index is 5.91. The van der Waals surface area contributed by atoms with Crippen LogP contribution in [0, 0.1) is 0 Å². The number of hydrogen-bond donors (Lipinski definition) is 2. The van der Waals surface area contributed by atoms with Crippen molar-refractivity contribution in [3.8, 4) is 11.5 Å². The van der Waals surface area contributed by atoms with Crippen molar-refractivity contribution in [3.05, 3.63) is 24.3 Å². The fourth-order valence-corrected chi connectivity index (χ4v) is 2.73. The maximum Gasteiger partial charge on any atom is 0.191 e. The number of rotatable bonds is 9. The van der Waals surface area contributed by atoms with Crippen LogP contribution in [0.25, 0.3) is 0 Å². The zero-order valence-electron chi connectivity index (χ0n) is 15.6. The summed E-state index contributed by atoms with van der Waals surface area (Å²) in [6.45, 7) is 7.25. The number of aliphatic imine (C=N–C) groups is 1. The zero-order valence-corrected chi connectivity index (χ0v) is 15.6. The molecule has 0 aliphatic carbocycles. The molecule has 0 amide bonds. The van der Waals surface area contributed by atoms with Crippen LogP contribution in [-0.2, 0) is 4.74 Å². The molecule has 0 aromatic heterocycles. The molecule has 1 aromatic rings. The standard InChI is InChI=1S/C19H31N3O3/c1-4-20-19(21-11-10-16-9-6-12-24-16)22-14-15(2)25-18-8-5-7-17(13-18)23-3/h5,7-8,13,15-16H,4,6,9-12,14H2,1-3H3,(H2,20,21,22). The highest BCUT2D eigenvalue weighted by Crippen LogP contribution is 2.20. The van der Waals surface area contributed by atoms with Crippen molar-refractivity contribution in [1.82, 2.24) is 10.6 Å². The van der Waals surface area contributed by atoms with Gasteiger partial charge in [-0.3, -0.25) is 0 Å². The van der Waals surface area contributed by atoms with Gasteiger partial charge in [-0.05, 0) is 45.2 Å². The third kappa shape index (κ3) is 7.22. The lowest BCUT2D eigenvalue weighted by Crippen LogP contribution is -2.39. The van der Waals surface area contributed by atoms with E-state index >= 15 is 0 Å². The van der Waals surface area contributed by atoms with Crippen LogP contribution in [0.3, 0.4) is 0 Å². The summed E-state index contributed by atoms with van der Waals surface area (Å²) in [5, 5.41) is 6.64. The number of nitrogens with zero attached hydrogens (tertiary/aromatic N) is 1. The lowest BCUT2D eigenvalue weighted by molar-refractivity contribution is 0.105. The lowest BCUT2D eigenvalue weighted by Gasteiger charge is -2.16. The molecule has 2 atom stereocenters. The van der Waals surface area contributed by atoms with Gasteiger partial charge in [-0.25, -0.2) is 4.99 Å². The first-order chi connectivity index (χ1) is 12.2. The molecule has 1 aliphatic heterocycles. The molecule has 0 saturated carbocycles. The van der Waals surface area contributed by atoms with Gasteiger partial charge in [0.1, 0.15) is 17.6 Å².